The maximum atomic E-state index is 12.3. The van der Waals surface area contributed by atoms with Crippen LogP contribution in [0.15, 0.2) is 77.3 Å². The Morgan fingerprint density at radius 1 is 1.08 bits per heavy atom. The topological polar surface area (TPSA) is 70.4 Å². The number of thiocarbonyl (C=S) groups is 1. The number of pyridine rings is 1. The summed E-state index contributed by atoms with van der Waals surface area (Å²) < 4.78 is 6.41. The van der Waals surface area contributed by atoms with Crippen LogP contribution in [0.2, 0.25) is 10.0 Å². The lowest BCUT2D eigenvalue weighted by Crippen LogP contribution is -2.29. The molecule has 0 radical (unpaired) electrons. The van der Waals surface area contributed by atoms with Gasteiger partial charge < -0.3 is 20.0 Å². The largest absolute Gasteiger partial charge is 0.459 e. The van der Waals surface area contributed by atoms with Crippen LogP contribution in [-0.4, -0.2) is 16.0 Å². The smallest absolute Gasteiger partial charge is 0.226 e. The number of rotatable bonds is 6. The van der Waals surface area contributed by atoms with Gasteiger partial charge in [0, 0.05) is 29.1 Å². The predicted molar refractivity (Wildman–Crippen MR) is 157 cm³/mol. The van der Waals surface area contributed by atoms with Gasteiger partial charge in [-0.25, -0.2) is 0 Å². The number of anilines is 2. The third kappa shape index (κ3) is 5.14. The zero-order valence-electron chi connectivity index (χ0n) is 21.0. The van der Waals surface area contributed by atoms with Gasteiger partial charge in [0.05, 0.1) is 21.8 Å². The van der Waals surface area contributed by atoms with Crippen molar-refractivity contribution in [3.63, 3.8) is 0 Å². The van der Waals surface area contributed by atoms with E-state index in [4.69, 9.17) is 39.8 Å². The Balaban J connectivity index is 1.55. The molecule has 0 aliphatic carbocycles. The zero-order chi connectivity index (χ0) is 27.0. The Morgan fingerprint density at radius 3 is 2.58 bits per heavy atom. The Morgan fingerprint density at radius 2 is 1.89 bits per heavy atom. The first-order chi connectivity index (χ1) is 18.2. The number of amides is 1. The molecule has 2 aromatic carbocycles. The molecule has 1 fully saturated rings. The highest BCUT2D eigenvalue weighted by Crippen LogP contribution is 2.43. The molecule has 0 unspecified atom stereocenters. The van der Waals surface area contributed by atoms with Gasteiger partial charge in [-0.15, -0.1) is 0 Å². The van der Waals surface area contributed by atoms with Gasteiger partial charge in [0.2, 0.25) is 5.91 Å². The number of hydrogen-bond donors (Lipinski definition) is 2. The number of furan rings is 1. The quantitative estimate of drug-likeness (QED) is 0.233. The molecule has 4 aromatic rings. The predicted octanol–water partition coefficient (Wildman–Crippen LogP) is 7.73. The van der Waals surface area contributed by atoms with Crippen molar-refractivity contribution in [3.8, 4) is 11.3 Å². The lowest BCUT2D eigenvalue weighted by Gasteiger charge is -2.27. The van der Waals surface area contributed by atoms with E-state index in [0.717, 1.165) is 28.2 Å². The molecule has 6 nitrogen and oxygen atoms in total. The van der Waals surface area contributed by atoms with Crippen LogP contribution in [0.5, 0.6) is 0 Å². The lowest BCUT2D eigenvalue weighted by molar-refractivity contribution is -0.118. The maximum absolute atomic E-state index is 12.3. The van der Waals surface area contributed by atoms with Gasteiger partial charge >= 0.3 is 0 Å². The second kappa shape index (κ2) is 10.8. The van der Waals surface area contributed by atoms with E-state index in [2.05, 4.69) is 15.6 Å². The zero-order valence-corrected chi connectivity index (χ0v) is 23.4. The number of benzene rings is 2. The first-order valence-electron chi connectivity index (χ1n) is 12.2. The van der Waals surface area contributed by atoms with Crippen molar-refractivity contribution in [1.82, 2.24) is 10.3 Å². The van der Waals surface area contributed by atoms with Gasteiger partial charge in [-0.2, -0.15) is 0 Å². The van der Waals surface area contributed by atoms with E-state index in [1.54, 1.807) is 18.3 Å². The second-order valence-corrected chi connectivity index (χ2v) is 10.7. The molecule has 2 N–H and O–H groups in total. The highest BCUT2D eigenvalue weighted by Gasteiger charge is 2.42. The minimum atomic E-state index is -0.315. The minimum absolute atomic E-state index is 0.0299. The first-order valence-corrected chi connectivity index (χ1v) is 13.4. The van der Waals surface area contributed by atoms with Crippen molar-refractivity contribution in [2.75, 3.05) is 10.2 Å². The second-order valence-electron chi connectivity index (χ2n) is 9.47. The van der Waals surface area contributed by atoms with Gasteiger partial charge in [0.1, 0.15) is 17.6 Å². The van der Waals surface area contributed by atoms with Gasteiger partial charge in [-0.05, 0) is 85.4 Å². The maximum Gasteiger partial charge on any atom is 0.226 e. The molecule has 1 aliphatic heterocycles. The number of nitrogens with one attached hydrogen (secondary N) is 2. The Labute approximate surface area is 237 Å². The number of aryl methyl sites for hydroxylation is 1. The molecular formula is C29H26Cl2N4O2S. The fourth-order valence-corrected chi connectivity index (χ4v) is 5.10. The molecule has 3 heterocycles. The highest BCUT2D eigenvalue weighted by molar-refractivity contribution is 7.80. The molecule has 9 heteroatoms. The summed E-state index contributed by atoms with van der Waals surface area (Å²) in [5.74, 6) is 1.23. The third-order valence-electron chi connectivity index (χ3n) is 6.49. The molecule has 38 heavy (non-hydrogen) atoms. The van der Waals surface area contributed by atoms with Crippen LogP contribution < -0.4 is 15.5 Å². The molecule has 0 saturated carbocycles. The normalized spacial score (nSPS) is 17.1. The first kappa shape index (κ1) is 26.2. The van der Waals surface area contributed by atoms with Crippen LogP contribution in [0.3, 0.4) is 0 Å². The summed E-state index contributed by atoms with van der Waals surface area (Å²) in [4.78, 5) is 18.9. The van der Waals surface area contributed by atoms with Crippen molar-refractivity contribution < 1.29 is 9.21 Å². The van der Waals surface area contributed by atoms with Crippen LogP contribution in [0.4, 0.5) is 11.4 Å². The molecule has 194 valence electrons. The molecule has 1 saturated heterocycles. The van der Waals surface area contributed by atoms with Crippen LogP contribution in [0.25, 0.3) is 11.3 Å². The van der Waals surface area contributed by atoms with E-state index in [1.807, 2.05) is 80.3 Å². The van der Waals surface area contributed by atoms with Crippen molar-refractivity contribution in [2.45, 2.75) is 32.9 Å². The van der Waals surface area contributed by atoms with Crippen LogP contribution >= 0.6 is 35.4 Å². The molecule has 1 aliphatic rings. The van der Waals surface area contributed by atoms with Crippen molar-refractivity contribution >= 4 is 57.8 Å². The average molecular weight is 566 g/mol. The van der Waals surface area contributed by atoms with E-state index >= 15 is 0 Å². The van der Waals surface area contributed by atoms with Crippen LogP contribution in [0.1, 0.15) is 42.9 Å². The van der Waals surface area contributed by atoms with Gasteiger partial charge in [0.25, 0.3) is 0 Å². The van der Waals surface area contributed by atoms with Crippen molar-refractivity contribution in [2.24, 2.45) is 5.92 Å². The molecule has 2 aromatic heterocycles. The molecule has 1 amide bonds. The summed E-state index contributed by atoms with van der Waals surface area (Å²) in [5, 5.41) is 7.93. The van der Waals surface area contributed by atoms with E-state index in [9.17, 15) is 4.79 Å². The number of aromatic nitrogens is 1. The van der Waals surface area contributed by atoms with E-state index in [-0.39, 0.29) is 23.9 Å². The summed E-state index contributed by atoms with van der Waals surface area (Å²) in [5.41, 5.74) is 4.23. The van der Waals surface area contributed by atoms with Crippen LogP contribution in [0, 0.1) is 12.8 Å². The Kier molecular flexibility index (Phi) is 7.43. The molecule has 0 spiro atoms. The van der Waals surface area contributed by atoms with Gasteiger partial charge in [-0.1, -0.05) is 43.1 Å². The summed E-state index contributed by atoms with van der Waals surface area (Å²) >= 11 is 18.2. The standard InChI is InChI=1S/C29H26Cl2N4O2S/c1-16(2)28(36)33-22-10-8-19(14-17(22)3)35-27(26(34-29(35)38)23-6-4-5-13-32-23)25-12-11-24(37-25)18-7-9-20(30)21(31)15-18/h4-16,26-27H,1-3H3,(H,33,36)(H,34,38)/t26-,27+/m0/s1. The fourth-order valence-electron chi connectivity index (χ4n) is 4.45. The minimum Gasteiger partial charge on any atom is -0.459 e. The van der Waals surface area contributed by atoms with E-state index < -0.39 is 0 Å². The highest BCUT2D eigenvalue weighted by atomic mass is 35.5. The molecule has 2 atom stereocenters. The molecular weight excluding hydrogens is 539 g/mol. The number of carbonyl (C=O) groups excluding carboxylic acids is 1. The van der Waals surface area contributed by atoms with Gasteiger partial charge in [0.15, 0.2) is 5.11 Å². The summed E-state index contributed by atoms with van der Waals surface area (Å²) in [7, 11) is 0. The lowest BCUT2D eigenvalue weighted by atomic mass is 10.0. The molecule has 0 bridgehead atoms. The number of carbonyl (C=O) groups is 1. The molecule has 5 rings (SSSR count). The summed E-state index contributed by atoms with van der Waals surface area (Å²) in [6, 6.07) is 20.4. The monoisotopic (exact) mass is 564 g/mol. The van der Waals surface area contributed by atoms with Gasteiger partial charge in [-0.3, -0.25) is 9.78 Å². The van der Waals surface area contributed by atoms with Crippen molar-refractivity contribution in [1.29, 1.82) is 0 Å². The van der Waals surface area contributed by atoms with Crippen molar-refractivity contribution in [3.05, 3.63) is 100.0 Å². The van der Waals surface area contributed by atoms with E-state index in [1.165, 1.54) is 0 Å². The number of nitrogens with zero attached hydrogens (tertiary/aromatic N) is 2. The van der Waals surface area contributed by atoms with E-state index in [0.29, 0.717) is 26.7 Å². The number of halogens is 2. The Bertz CT molecular complexity index is 1510. The SMILES string of the molecule is Cc1cc(N2C(=S)N[C@@H](c3ccccn3)[C@H]2c2ccc(-c3ccc(Cl)c(Cl)c3)o2)ccc1NC(=O)C(C)C. The average Bonchev–Trinajstić information content (AvgIpc) is 3.52. The summed E-state index contributed by atoms with van der Waals surface area (Å²) in [6.07, 6.45) is 1.76. The fraction of sp³-hybridized carbons (Fsp3) is 0.207. The Hall–Kier alpha value is -3.39. The number of hydrogen-bond acceptors (Lipinski definition) is 4. The van der Waals surface area contributed by atoms with Crippen LogP contribution in [-0.2, 0) is 4.79 Å². The summed E-state index contributed by atoms with van der Waals surface area (Å²) in [6.45, 7) is 5.70. The third-order valence-corrected chi connectivity index (χ3v) is 7.54.